The minimum Gasteiger partial charge on any atom is -0.345 e. The molecule has 2 amide bonds. The van der Waals surface area contributed by atoms with Crippen molar-refractivity contribution in [3.8, 4) is 0 Å². The highest BCUT2D eigenvalue weighted by Crippen LogP contribution is 2.16. The maximum absolute atomic E-state index is 12.8. The van der Waals surface area contributed by atoms with Gasteiger partial charge in [-0.3, -0.25) is 9.59 Å². The minimum atomic E-state index is -0.277. The van der Waals surface area contributed by atoms with Gasteiger partial charge in [0.05, 0.1) is 17.6 Å². The molecular weight excluding hydrogens is 340 g/mol. The van der Waals surface area contributed by atoms with E-state index in [0.29, 0.717) is 12.4 Å². The summed E-state index contributed by atoms with van der Waals surface area (Å²) in [6.07, 6.45) is 1.21. The lowest BCUT2D eigenvalue weighted by molar-refractivity contribution is -0.131. The van der Waals surface area contributed by atoms with Crippen molar-refractivity contribution in [1.29, 1.82) is 0 Å². The Hall–Kier alpha value is -3.41. The van der Waals surface area contributed by atoms with Gasteiger partial charge >= 0.3 is 0 Å². The molecule has 1 heterocycles. The Labute approximate surface area is 158 Å². The van der Waals surface area contributed by atoms with Gasteiger partial charge in [-0.25, -0.2) is 4.98 Å². The smallest absolute Gasteiger partial charge is 0.243 e. The van der Waals surface area contributed by atoms with Crippen LogP contribution in [0.1, 0.15) is 11.4 Å². The van der Waals surface area contributed by atoms with E-state index in [1.807, 2.05) is 59.2 Å². The Morgan fingerprint density at radius 2 is 1.85 bits per heavy atom. The fraction of sp³-hybridized carbons (Fsp3) is 0.190. The molecule has 0 aliphatic heterocycles. The predicted octanol–water partition coefficient (Wildman–Crippen LogP) is 2.50. The van der Waals surface area contributed by atoms with Crippen molar-refractivity contribution in [1.82, 2.24) is 19.8 Å². The van der Waals surface area contributed by atoms with E-state index in [-0.39, 0.29) is 24.9 Å². The second-order valence-corrected chi connectivity index (χ2v) is 6.26. The number of hydrogen-bond donors (Lipinski definition) is 1. The van der Waals surface area contributed by atoms with Crippen molar-refractivity contribution in [3.05, 3.63) is 78.6 Å². The zero-order valence-corrected chi connectivity index (χ0v) is 15.3. The van der Waals surface area contributed by atoms with Crippen LogP contribution in [0.3, 0.4) is 0 Å². The van der Waals surface area contributed by atoms with Crippen LogP contribution in [0, 0.1) is 0 Å². The average Bonchev–Trinajstić information content (AvgIpc) is 3.04. The number of likely N-dealkylation sites (N-methyl/N-ethyl adjacent to an activating group) is 1. The summed E-state index contributed by atoms with van der Waals surface area (Å²) < 4.78 is 1.85. The highest BCUT2D eigenvalue weighted by Gasteiger charge is 2.16. The molecule has 138 valence electrons. The fourth-order valence-electron chi connectivity index (χ4n) is 2.88. The van der Waals surface area contributed by atoms with Crippen LogP contribution in [-0.2, 0) is 29.2 Å². The maximum atomic E-state index is 12.8. The van der Waals surface area contributed by atoms with Crippen molar-refractivity contribution >= 4 is 22.8 Å². The maximum Gasteiger partial charge on any atom is 0.243 e. The van der Waals surface area contributed by atoms with Gasteiger partial charge in [-0.1, -0.05) is 49.0 Å². The number of nitrogens with zero attached hydrogens (tertiary/aromatic N) is 3. The molecule has 0 fully saturated rings. The van der Waals surface area contributed by atoms with E-state index >= 15 is 0 Å². The van der Waals surface area contributed by atoms with Gasteiger partial charge in [0, 0.05) is 13.6 Å². The zero-order valence-electron chi connectivity index (χ0n) is 15.3. The lowest BCUT2D eigenvalue weighted by Crippen LogP contribution is -2.31. The summed E-state index contributed by atoms with van der Waals surface area (Å²) in [6, 6.07) is 17.5. The van der Waals surface area contributed by atoms with E-state index in [1.165, 1.54) is 6.08 Å². The van der Waals surface area contributed by atoms with Crippen molar-refractivity contribution in [2.75, 3.05) is 7.05 Å². The third kappa shape index (κ3) is 4.41. The van der Waals surface area contributed by atoms with Crippen LogP contribution >= 0.6 is 0 Å². The monoisotopic (exact) mass is 362 g/mol. The molecule has 0 aliphatic carbocycles. The average molecular weight is 362 g/mol. The second kappa shape index (κ2) is 8.31. The Kier molecular flexibility index (Phi) is 5.66. The van der Waals surface area contributed by atoms with Crippen LogP contribution in [0.5, 0.6) is 0 Å². The van der Waals surface area contributed by atoms with Crippen molar-refractivity contribution < 1.29 is 9.59 Å². The van der Waals surface area contributed by atoms with E-state index in [4.69, 9.17) is 0 Å². The van der Waals surface area contributed by atoms with Gasteiger partial charge in [0.15, 0.2) is 0 Å². The second-order valence-electron chi connectivity index (χ2n) is 6.26. The van der Waals surface area contributed by atoms with E-state index in [1.54, 1.807) is 11.9 Å². The molecule has 0 unspecified atom stereocenters. The molecule has 0 saturated heterocycles. The molecular formula is C21H22N4O2. The third-order valence-corrected chi connectivity index (χ3v) is 4.32. The highest BCUT2D eigenvalue weighted by molar-refractivity contribution is 5.87. The van der Waals surface area contributed by atoms with Gasteiger partial charge in [0.2, 0.25) is 11.8 Å². The number of para-hydroxylation sites is 2. The summed E-state index contributed by atoms with van der Waals surface area (Å²) in [5.41, 5.74) is 2.72. The summed E-state index contributed by atoms with van der Waals surface area (Å²) in [6.45, 7) is 4.37. The predicted molar refractivity (Wildman–Crippen MR) is 105 cm³/mol. The molecule has 3 rings (SSSR count). The quantitative estimate of drug-likeness (QED) is 0.657. The van der Waals surface area contributed by atoms with Crippen LogP contribution < -0.4 is 5.32 Å². The number of carbonyl (C=O) groups excluding carboxylic acids is 2. The first kappa shape index (κ1) is 18.4. The van der Waals surface area contributed by atoms with Crippen LogP contribution in [-0.4, -0.2) is 33.3 Å². The largest absolute Gasteiger partial charge is 0.345 e. The molecule has 0 bridgehead atoms. The van der Waals surface area contributed by atoms with Gasteiger partial charge in [-0.2, -0.15) is 0 Å². The lowest BCUT2D eigenvalue weighted by Gasteiger charge is -2.19. The fourth-order valence-corrected chi connectivity index (χ4v) is 2.88. The zero-order chi connectivity index (χ0) is 19.2. The first-order chi connectivity index (χ1) is 13.1. The molecule has 1 N–H and O–H groups in total. The molecule has 2 aromatic carbocycles. The van der Waals surface area contributed by atoms with Crippen LogP contribution in [0.2, 0.25) is 0 Å². The van der Waals surface area contributed by atoms with Crippen LogP contribution in [0.4, 0.5) is 0 Å². The number of amides is 2. The first-order valence-corrected chi connectivity index (χ1v) is 8.71. The Balaban J connectivity index is 1.80. The van der Waals surface area contributed by atoms with Crippen molar-refractivity contribution in [2.24, 2.45) is 0 Å². The normalized spacial score (nSPS) is 10.6. The first-order valence-electron chi connectivity index (χ1n) is 8.71. The highest BCUT2D eigenvalue weighted by atomic mass is 16.2. The summed E-state index contributed by atoms with van der Waals surface area (Å²) in [4.78, 5) is 30.5. The summed E-state index contributed by atoms with van der Waals surface area (Å²) in [5, 5.41) is 2.73. The van der Waals surface area contributed by atoms with E-state index in [2.05, 4.69) is 16.9 Å². The molecule has 0 atom stereocenters. The standard InChI is InChI=1S/C21H22N4O2/c1-3-20(26)22-13-19-23-17-11-7-8-12-18(17)25(19)15-21(27)24(2)14-16-9-5-4-6-10-16/h3-12H,1,13-15H2,2H3,(H,22,26). The van der Waals surface area contributed by atoms with E-state index < -0.39 is 0 Å². The number of rotatable bonds is 7. The Morgan fingerprint density at radius 1 is 1.15 bits per heavy atom. The molecule has 0 saturated carbocycles. The summed E-state index contributed by atoms with van der Waals surface area (Å²) in [5.74, 6) is 0.326. The van der Waals surface area contributed by atoms with Gasteiger partial charge in [-0.05, 0) is 23.8 Å². The molecule has 1 aromatic heterocycles. The molecule has 27 heavy (non-hydrogen) atoms. The number of carbonyl (C=O) groups is 2. The van der Waals surface area contributed by atoms with Gasteiger partial charge < -0.3 is 14.8 Å². The Bertz CT molecular complexity index is 963. The number of aromatic nitrogens is 2. The summed E-state index contributed by atoms with van der Waals surface area (Å²) >= 11 is 0. The molecule has 6 nitrogen and oxygen atoms in total. The van der Waals surface area contributed by atoms with Crippen LogP contribution in [0.25, 0.3) is 11.0 Å². The third-order valence-electron chi connectivity index (χ3n) is 4.32. The van der Waals surface area contributed by atoms with Gasteiger partial charge in [0.1, 0.15) is 12.4 Å². The SMILES string of the molecule is C=CC(=O)NCc1nc2ccccc2n1CC(=O)N(C)Cc1ccccc1. The van der Waals surface area contributed by atoms with Crippen LogP contribution in [0.15, 0.2) is 67.3 Å². The number of fused-ring (bicyclic) bond motifs is 1. The molecule has 3 aromatic rings. The van der Waals surface area contributed by atoms with Gasteiger partial charge in [-0.15, -0.1) is 0 Å². The molecule has 0 radical (unpaired) electrons. The molecule has 0 spiro atoms. The van der Waals surface area contributed by atoms with Crippen molar-refractivity contribution in [2.45, 2.75) is 19.6 Å². The minimum absolute atomic E-state index is 0.0293. The van der Waals surface area contributed by atoms with E-state index in [0.717, 1.165) is 16.6 Å². The molecule has 0 aliphatic rings. The molecule has 6 heteroatoms. The number of nitrogens with one attached hydrogen (secondary N) is 1. The summed E-state index contributed by atoms with van der Waals surface area (Å²) in [7, 11) is 1.79. The van der Waals surface area contributed by atoms with E-state index in [9.17, 15) is 9.59 Å². The number of hydrogen-bond acceptors (Lipinski definition) is 3. The lowest BCUT2D eigenvalue weighted by atomic mass is 10.2. The van der Waals surface area contributed by atoms with Crippen molar-refractivity contribution in [3.63, 3.8) is 0 Å². The topological polar surface area (TPSA) is 67.2 Å². The number of benzene rings is 2. The van der Waals surface area contributed by atoms with Gasteiger partial charge in [0.25, 0.3) is 0 Å². The number of imidazole rings is 1. The Morgan fingerprint density at radius 3 is 2.59 bits per heavy atom.